The molecule has 0 radical (unpaired) electrons. The zero-order chi connectivity index (χ0) is 24.7. The molecule has 0 N–H and O–H groups in total. The molecular formula is C27H32O8. The molecule has 0 bridgehead atoms. The van der Waals surface area contributed by atoms with E-state index in [2.05, 4.69) is 0 Å². The molecule has 0 unspecified atom stereocenters. The van der Waals surface area contributed by atoms with Crippen molar-refractivity contribution in [2.45, 2.75) is 57.5 Å². The molecule has 188 valence electrons. The lowest BCUT2D eigenvalue weighted by atomic mass is 10.1. The van der Waals surface area contributed by atoms with Crippen molar-refractivity contribution in [1.29, 1.82) is 0 Å². The third-order valence-corrected chi connectivity index (χ3v) is 5.65. The summed E-state index contributed by atoms with van der Waals surface area (Å²) < 4.78 is 32.5. The normalized spacial score (nSPS) is 20.3. The van der Waals surface area contributed by atoms with Crippen LogP contribution >= 0.6 is 0 Å². The van der Waals surface area contributed by atoms with Gasteiger partial charge < -0.3 is 28.4 Å². The van der Waals surface area contributed by atoms with E-state index in [9.17, 15) is 9.59 Å². The first kappa shape index (κ1) is 25.2. The zero-order valence-corrected chi connectivity index (χ0v) is 20.2. The number of benzene rings is 2. The number of rotatable bonds is 12. The fraction of sp³-hybridized carbons (Fsp3) is 0.481. The summed E-state index contributed by atoms with van der Waals surface area (Å²) in [4.78, 5) is 24.2. The molecule has 0 aliphatic carbocycles. The Hall–Kier alpha value is -2.94. The molecule has 2 aliphatic heterocycles. The number of esters is 2. The lowest BCUT2D eigenvalue weighted by Crippen LogP contribution is -2.25. The lowest BCUT2D eigenvalue weighted by molar-refractivity contribution is -0.158. The highest BCUT2D eigenvalue weighted by atomic mass is 16.7. The maximum absolute atomic E-state index is 12.2. The molecule has 0 aromatic heterocycles. The predicted octanol–water partition coefficient (Wildman–Crippen LogP) is 3.63. The number of ether oxygens (including phenoxy) is 6. The van der Waals surface area contributed by atoms with E-state index < -0.39 is 5.79 Å². The second-order valence-electron chi connectivity index (χ2n) is 9.16. The van der Waals surface area contributed by atoms with Gasteiger partial charge in [-0.05, 0) is 62.1 Å². The van der Waals surface area contributed by atoms with E-state index in [1.165, 1.54) is 0 Å². The van der Waals surface area contributed by atoms with Crippen molar-refractivity contribution in [3.63, 3.8) is 0 Å². The number of carbonyl (C=O) groups is 2. The second kappa shape index (κ2) is 11.7. The summed E-state index contributed by atoms with van der Waals surface area (Å²) in [5, 5.41) is 0. The molecule has 2 atom stereocenters. The summed E-state index contributed by atoms with van der Waals surface area (Å²) in [6, 6.07) is 14.9. The number of epoxide rings is 1. The largest absolute Gasteiger partial charge is 0.491 e. The molecule has 2 saturated heterocycles. The van der Waals surface area contributed by atoms with Crippen LogP contribution in [-0.4, -0.2) is 56.4 Å². The van der Waals surface area contributed by atoms with Crippen molar-refractivity contribution in [3.8, 4) is 11.5 Å². The Morgan fingerprint density at radius 1 is 0.829 bits per heavy atom. The SMILES string of the molecule is CC1(C)OC[C@@H](COC(=O)CCc2ccc(OC(=O)CCc3ccc(OC[C@@H]4CO4)cc3)cc2)O1. The van der Waals surface area contributed by atoms with Gasteiger partial charge in [-0.2, -0.15) is 0 Å². The van der Waals surface area contributed by atoms with Crippen molar-refractivity contribution >= 4 is 11.9 Å². The molecule has 2 fully saturated rings. The van der Waals surface area contributed by atoms with Gasteiger partial charge in [-0.15, -0.1) is 0 Å². The standard InChI is InChI=1S/C27H32O8/c1-27(2)33-18-24(35-27)17-32-25(28)13-7-20-5-11-22(12-6-20)34-26(29)14-8-19-3-9-21(10-4-19)30-15-23-16-31-23/h3-6,9-12,23-24H,7-8,13-18H2,1-2H3/t23-,24-/m1/s1. The van der Waals surface area contributed by atoms with Crippen LogP contribution in [0.3, 0.4) is 0 Å². The number of carbonyl (C=O) groups excluding carboxylic acids is 2. The van der Waals surface area contributed by atoms with Gasteiger partial charge >= 0.3 is 11.9 Å². The van der Waals surface area contributed by atoms with Gasteiger partial charge in [0.25, 0.3) is 0 Å². The average Bonchev–Trinajstić information content (AvgIpc) is 3.61. The Morgan fingerprint density at radius 3 is 2.00 bits per heavy atom. The molecule has 4 rings (SSSR count). The van der Waals surface area contributed by atoms with Crippen LogP contribution in [0.2, 0.25) is 0 Å². The summed E-state index contributed by atoms with van der Waals surface area (Å²) in [6.45, 7) is 5.60. The smallest absolute Gasteiger partial charge is 0.311 e. The summed E-state index contributed by atoms with van der Waals surface area (Å²) in [7, 11) is 0. The van der Waals surface area contributed by atoms with Gasteiger partial charge in [0.15, 0.2) is 5.79 Å². The van der Waals surface area contributed by atoms with Gasteiger partial charge in [-0.3, -0.25) is 9.59 Å². The Balaban J connectivity index is 1.11. The van der Waals surface area contributed by atoms with E-state index in [0.717, 1.165) is 23.5 Å². The Bertz CT molecular complexity index is 979. The van der Waals surface area contributed by atoms with E-state index in [-0.39, 0.29) is 43.6 Å². The highest BCUT2D eigenvalue weighted by Crippen LogP contribution is 2.22. The van der Waals surface area contributed by atoms with Crippen molar-refractivity contribution in [3.05, 3.63) is 59.7 Å². The Kier molecular flexibility index (Phi) is 8.38. The molecule has 35 heavy (non-hydrogen) atoms. The number of hydrogen-bond donors (Lipinski definition) is 0. The molecule has 2 aromatic rings. The lowest BCUT2D eigenvalue weighted by Gasteiger charge is -2.17. The third kappa shape index (κ3) is 8.65. The van der Waals surface area contributed by atoms with Crippen LogP contribution in [-0.2, 0) is 41.4 Å². The molecular weight excluding hydrogens is 452 g/mol. The summed E-state index contributed by atoms with van der Waals surface area (Å²) in [5.74, 6) is 0.0586. The molecule has 0 saturated carbocycles. The minimum Gasteiger partial charge on any atom is -0.491 e. The van der Waals surface area contributed by atoms with Crippen LogP contribution < -0.4 is 9.47 Å². The van der Waals surface area contributed by atoms with Gasteiger partial charge in [-0.25, -0.2) is 0 Å². The van der Waals surface area contributed by atoms with E-state index in [1.807, 2.05) is 50.2 Å². The Labute approximate surface area is 205 Å². The van der Waals surface area contributed by atoms with Crippen LogP contribution in [0.15, 0.2) is 48.5 Å². The summed E-state index contributed by atoms with van der Waals surface area (Å²) in [5.41, 5.74) is 1.99. The maximum atomic E-state index is 12.2. The Morgan fingerprint density at radius 2 is 1.43 bits per heavy atom. The van der Waals surface area contributed by atoms with Crippen LogP contribution in [0.4, 0.5) is 0 Å². The molecule has 2 aliphatic rings. The van der Waals surface area contributed by atoms with Crippen molar-refractivity contribution in [2.75, 3.05) is 26.4 Å². The second-order valence-corrected chi connectivity index (χ2v) is 9.16. The quantitative estimate of drug-likeness (QED) is 0.256. The van der Waals surface area contributed by atoms with Gasteiger partial charge in [0.05, 0.1) is 13.2 Å². The molecule has 2 heterocycles. The minimum atomic E-state index is -0.630. The van der Waals surface area contributed by atoms with E-state index in [1.54, 1.807) is 12.1 Å². The van der Waals surface area contributed by atoms with Gasteiger partial charge in [0.1, 0.15) is 36.9 Å². The van der Waals surface area contributed by atoms with Crippen LogP contribution in [0.5, 0.6) is 11.5 Å². The van der Waals surface area contributed by atoms with Crippen LogP contribution in [0.25, 0.3) is 0 Å². The van der Waals surface area contributed by atoms with Gasteiger partial charge in [-0.1, -0.05) is 24.3 Å². The first-order valence-corrected chi connectivity index (χ1v) is 11.9. The van der Waals surface area contributed by atoms with Crippen LogP contribution in [0, 0.1) is 0 Å². The molecule has 0 spiro atoms. The predicted molar refractivity (Wildman–Crippen MR) is 126 cm³/mol. The third-order valence-electron chi connectivity index (χ3n) is 5.65. The molecule has 2 aromatic carbocycles. The average molecular weight is 485 g/mol. The number of aryl methyl sites for hydroxylation is 2. The zero-order valence-electron chi connectivity index (χ0n) is 20.2. The van der Waals surface area contributed by atoms with Crippen molar-refractivity contribution in [2.24, 2.45) is 0 Å². The van der Waals surface area contributed by atoms with Crippen LogP contribution in [0.1, 0.15) is 37.8 Å². The highest BCUT2D eigenvalue weighted by molar-refractivity contribution is 5.72. The minimum absolute atomic E-state index is 0.185. The first-order valence-electron chi connectivity index (χ1n) is 11.9. The first-order chi connectivity index (χ1) is 16.8. The number of hydrogen-bond acceptors (Lipinski definition) is 8. The molecule has 8 heteroatoms. The fourth-order valence-electron chi connectivity index (χ4n) is 3.61. The van der Waals surface area contributed by atoms with Crippen molar-refractivity contribution in [1.82, 2.24) is 0 Å². The summed E-state index contributed by atoms with van der Waals surface area (Å²) >= 11 is 0. The fourth-order valence-corrected chi connectivity index (χ4v) is 3.61. The molecule has 8 nitrogen and oxygen atoms in total. The van der Waals surface area contributed by atoms with E-state index in [0.29, 0.717) is 31.8 Å². The van der Waals surface area contributed by atoms with Gasteiger partial charge in [0.2, 0.25) is 0 Å². The maximum Gasteiger partial charge on any atom is 0.311 e. The monoisotopic (exact) mass is 484 g/mol. The topological polar surface area (TPSA) is 92.8 Å². The highest BCUT2D eigenvalue weighted by Gasteiger charge is 2.33. The summed E-state index contributed by atoms with van der Waals surface area (Å²) in [6.07, 6.45) is 1.64. The van der Waals surface area contributed by atoms with Crippen molar-refractivity contribution < 1.29 is 38.0 Å². The molecule has 0 amide bonds. The van der Waals surface area contributed by atoms with Gasteiger partial charge in [0, 0.05) is 12.8 Å². The van der Waals surface area contributed by atoms with E-state index >= 15 is 0 Å². The van der Waals surface area contributed by atoms with E-state index in [4.69, 9.17) is 28.4 Å².